The molecule has 4 heteroatoms. The van der Waals surface area contributed by atoms with Crippen LogP contribution < -0.4 is 4.72 Å². The summed E-state index contributed by atoms with van der Waals surface area (Å²) in [6.45, 7) is 1.12. The monoisotopic (exact) mass is 194 g/mol. The van der Waals surface area contributed by atoms with Crippen LogP contribution in [-0.4, -0.2) is 16.8 Å². The van der Waals surface area contributed by atoms with Crippen molar-refractivity contribution in [3.05, 3.63) is 35.9 Å². The van der Waals surface area contributed by atoms with Crippen molar-refractivity contribution in [2.24, 2.45) is 0 Å². The molecule has 1 amide bonds. The fraction of sp³-hybridized carbons (Fsp3) is 0.222. The molecule has 1 fully saturated rings. The number of rotatable bonds is 2. The van der Waals surface area contributed by atoms with Crippen molar-refractivity contribution >= 4 is 18.0 Å². The number of nitrogens with one attached hydrogen (secondary N) is 1. The van der Waals surface area contributed by atoms with E-state index in [0.29, 0.717) is 13.1 Å². The van der Waals surface area contributed by atoms with Crippen molar-refractivity contribution in [2.75, 3.05) is 6.54 Å². The molecule has 0 aliphatic carbocycles. The molecule has 3 nitrogen and oxygen atoms in total. The van der Waals surface area contributed by atoms with Crippen LogP contribution in [-0.2, 0) is 11.3 Å². The minimum absolute atomic E-state index is 0.147. The maximum Gasteiger partial charge on any atom is 0.248 e. The van der Waals surface area contributed by atoms with Crippen molar-refractivity contribution < 1.29 is 4.79 Å². The van der Waals surface area contributed by atoms with Gasteiger partial charge in [-0.3, -0.25) is 9.10 Å². The fourth-order valence-electron chi connectivity index (χ4n) is 1.18. The maximum absolute atomic E-state index is 11.2. The largest absolute Gasteiger partial charge is 0.272 e. The van der Waals surface area contributed by atoms with Crippen LogP contribution in [0.1, 0.15) is 5.56 Å². The van der Waals surface area contributed by atoms with Crippen molar-refractivity contribution in [3.8, 4) is 0 Å². The number of hydrogen-bond donors (Lipinski definition) is 1. The van der Waals surface area contributed by atoms with E-state index in [-0.39, 0.29) is 5.91 Å². The molecule has 0 saturated carbocycles. The molecule has 1 heterocycles. The molecule has 0 radical (unpaired) electrons. The van der Waals surface area contributed by atoms with Crippen LogP contribution in [0.25, 0.3) is 0 Å². The first kappa shape index (κ1) is 8.59. The summed E-state index contributed by atoms with van der Waals surface area (Å²) in [7, 11) is 0. The SMILES string of the molecule is O=C1CNSN1Cc1ccccc1. The van der Waals surface area contributed by atoms with Crippen LogP contribution in [0.2, 0.25) is 0 Å². The minimum atomic E-state index is 0.147. The van der Waals surface area contributed by atoms with E-state index in [1.54, 1.807) is 4.31 Å². The smallest absolute Gasteiger partial charge is 0.248 e. The van der Waals surface area contributed by atoms with Gasteiger partial charge in [0.1, 0.15) is 0 Å². The van der Waals surface area contributed by atoms with Gasteiger partial charge in [-0.1, -0.05) is 30.3 Å². The van der Waals surface area contributed by atoms with Crippen LogP contribution in [0.15, 0.2) is 30.3 Å². The van der Waals surface area contributed by atoms with Crippen LogP contribution in [0.5, 0.6) is 0 Å². The van der Waals surface area contributed by atoms with Crippen molar-refractivity contribution in [1.29, 1.82) is 0 Å². The molecule has 2 rings (SSSR count). The average Bonchev–Trinajstić information content (AvgIpc) is 2.54. The van der Waals surface area contributed by atoms with E-state index in [9.17, 15) is 4.79 Å². The zero-order valence-corrected chi connectivity index (χ0v) is 7.88. The van der Waals surface area contributed by atoms with Crippen LogP contribution in [0, 0.1) is 0 Å². The van der Waals surface area contributed by atoms with Crippen molar-refractivity contribution in [2.45, 2.75) is 6.54 Å². The number of carbonyl (C=O) groups excluding carboxylic acids is 1. The molecule has 1 aliphatic heterocycles. The molecule has 0 aromatic heterocycles. The minimum Gasteiger partial charge on any atom is -0.272 e. The summed E-state index contributed by atoms with van der Waals surface area (Å²) in [6, 6.07) is 9.97. The molecule has 0 bridgehead atoms. The third kappa shape index (κ3) is 2.02. The topological polar surface area (TPSA) is 32.3 Å². The predicted octanol–water partition coefficient (Wildman–Crippen LogP) is 1.18. The van der Waals surface area contributed by atoms with E-state index in [0.717, 1.165) is 5.56 Å². The Kier molecular flexibility index (Phi) is 2.52. The Bertz CT molecular complexity index is 302. The van der Waals surface area contributed by atoms with Crippen LogP contribution in [0.4, 0.5) is 0 Å². The molecule has 1 saturated heterocycles. The molecular formula is C9H10N2OS. The Labute approximate surface area is 81.4 Å². The second-order valence-electron chi connectivity index (χ2n) is 2.83. The molecule has 0 atom stereocenters. The molecule has 1 aromatic carbocycles. The Morgan fingerprint density at radius 3 is 2.77 bits per heavy atom. The van der Waals surface area contributed by atoms with Crippen molar-refractivity contribution in [1.82, 2.24) is 9.03 Å². The number of amides is 1. The maximum atomic E-state index is 11.2. The van der Waals surface area contributed by atoms with Gasteiger partial charge in [0.05, 0.1) is 13.1 Å². The molecular weight excluding hydrogens is 184 g/mol. The Hall–Kier alpha value is -1.00. The highest BCUT2D eigenvalue weighted by Gasteiger charge is 2.20. The van der Waals surface area contributed by atoms with Crippen LogP contribution in [0.3, 0.4) is 0 Å². The quantitative estimate of drug-likeness (QED) is 0.717. The first-order chi connectivity index (χ1) is 6.36. The fourth-order valence-corrected chi connectivity index (χ4v) is 1.90. The Morgan fingerprint density at radius 1 is 1.38 bits per heavy atom. The molecule has 1 N–H and O–H groups in total. The zero-order chi connectivity index (χ0) is 9.10. The van der Waals surface area contributed by atoms with Gasteiger partial charge in [-0.05, 0) is 5.56 Å². The van der Waals surface area contributed by atoms with Gasteiger partial charge in [-0.25, -0.2) is 4.72 Å². The van der Waals surface area contributed by atoms with E-state index < -0.39 is 0 Å². The highest BCUT2D eigenvalue weighted by molar-refractivity contribution is 7.96. The first-order valence-electron chi connectivity index (χ1n) is 4.10. The van der Waals surface area contributed by atoms with Gasteiger partial charge in [-0.2, -0.15) is 0 Å². The number of nitrogens with zero attached hydrogens (tertiary/aromatic N) is 1. The van der Waals surface area contributed by atoms with Gasteiger partial charge in [0.15, 0.2) is 0 Å². The van der Waals surface area contributed by atoms with E-state index in [1.165, 1.54) is 12.1 Å². The lowest BCUT2D eigenvalue weighted by molar-refractivity contribution is -0.124. The zero-order valence-electron chi connectivity index (χ0n) is 7.06. The molecule has 13 heavy (non-hydrogen) atoms. The van der Waals surface area contributed by atoms with Gasteiger partial charge >= 0.3 is 0 Å². The third-order valence-corrected chi connectivity index (χ3v) is 2.67. The molecule has 68 valence electrons. The Morgan fingerprint density at radius 2 is 2.15 bits per heavy atom. The van der Waals surface area contributed by atoms with Gasteiger partial charge in [-0.15, -0.1) is 0 Å². The summed E-state index contributed by atoms with van der Waals surface area (Å²) in [5.74, 6) is 0.147. The normalized spacial score (nSPS) is 16.6. The highest BCUT2D eigenvalue weighted by atomic mass is 32.2. The third-order valence-electron chi connectivity index (χ3n) is 1.85. The summed E-state index contributed by atoms with van der Waals surface area (Å²) in [5, 5.41) is 0. The second-order valence-corrected chi connectivity index (χ2v) is 3.74. The standard InChI is InChI=1S/C9H10N2OS/c12-9-6-10-13-11(9)7-8-4-2-1-3-5-8/h1-5,10H,6-7H2. The van der Waals surface area contributed by atoms with Gasteiger partial charge in [0.2, 0.25) is 5.91 Å². The highest BCUT2D eigenvalue weighted by Crippen LogP contribution is 2.16. The molecule has 1 aliphatic rings. The lowest BCUT2D eigenvalue weighted by Crippen LogP contribution is -2.19. The van der Waals surface area contributed by atoms with Crippen LogP contribution >= 0.6 is 12.1 Å². The summed E-state index contributed by atoms with van der Waals surface area (Å²) >= 11 is 1.38. The second kappa shape index (κ2) is 3.81. The van der Waals surface area contributed by atoms with E-state index >= 15 is 0 Å². The first-order valence-corrected chi connectivity index (χ1v) is 4.88. The Balaban J connectivity index is 2.02. The summed E-state index contributed by atoms with van der Waals surface area (Å²) in [6.07, 6.45) is 0. The van der Waals surface area contributed by atoms with Gasteiger partial charge in [0, 0.05) is 12.1 Å². The summed E-state index contributed by atoms with van der Waals surface area (Å²) in [5.41, 5.74) is 1.16. The average molecular weight is 194 g/mol. The number of benzene rings is 1. The number of hydrogen-bond acceptors (Lipinski definition) is 3. The van der Waals surface area contributed by atoms with Gasteiger partial charge in [0.25, 0.3) is 0 Å². The lowest BCUT2D eigenvalue weighted by atomic mass is 10.2. The number of carbonyl (C=O) groups is 1. The molecule has 1 aromatic rings. The molecule has 0 unspecified atom stereocenters. The lowest BCUT2D eigenvalue weighted by Gasteiger charge is -2.11. The predicted molar refractivity (Wildman–Crippen MR) is 52.6 cm³/mol. The summed E-state index contributed by atoms with van der Waals surface area (Å²) < 4.78 is 4.67. The van der Waals surface area contributed by atoms with E-state index in [2.05, 4.69) is 4.72 Å². The van der Waals surface area contributed by atoms with E-state index in [1.807, 2.05) is 30.3 Å². The molecule has 0 spiro atoms. The van der Waals surface area contributed by atoms with Crippen molar-refractivity contribution in [3.63, 3.8) is 0 Å². The van der Waals surface area contributed by atoms with E-state index in [4.69, 9.17) is 0 Å². The van der Waals surface area contributed by atoms with Gasteiger partial charge < -0.3 is 0 Å². The summed E-state index contributed by atoms with van der Waals surface area (Å²) in [4.78, 5) is 11.2.